The van der Waals surface area contributed by atoms with Crippen molar-refractivity contribution in [2.24, 2.45) is 0 Å². The van der Waals surface area contributed by atoms with Gasteiger partial charge in [0.2, 0.25) is 0 Å². The van der Waals surface area contributed by atoms with E-state index in [9.17, 15) is 20.3 Å². The molecule has 0 amide bonds. The third-order valence-corrected chi connectivity index (χ3v) is 7.12. The van der Waals surface area contributed by atoms with Gasteiger partial charge >= 0.3 is 5.97 Å². The van der Waals surface area contributed by atoms with Gasteiger partial charge in [-0.05, 0) is 50.1 Å². The van der Waals surface area contributed by atoms with Gasteiger partial charge in [-0.3, -0.25) is 0 Å². The van der Waals surface area contributed by atoms with Crippen LogP contribution < -0.4 is 15.0 Å². The van der Waals surface area contributed by atoms with E-state index in [1.807, 2.05) is 55.1 Å². The maximum Gasteiger partial charge on any atom is 0.337 e. The third-order valence-electron chi connectivity index (χ3n) is 7.12. The zero-order valence-corrected chi connectivity index (χ0v) is 21.9. The van der Waals surface area contributed by atoms with Crippen LogP contribution in [0.25, 0.3) is 11.0 Å². The molecule has 3 atom stereocenters. The highest BCUT2D eigenvalue weighted by Crippen LogP contribution is 2.41. The van der Waals surface area contributed by atoms with Crippen LogP contribution in [0.3, 0.4) is 0 Å². The molecule has 9 heteroatoms. The Morgan fingerprint density at radius 1 is 1.18 bits per heavy atom. The standard InChI is InChI=1S/C30H29N5O4/c1-17-14-21(18(2)32-22-10-6-4-8-19(22)30(37)38)27-23(15-17)33-24(16-31)29(34-27)35-13-12-25(36)28(35)20-9-5-7-11-26(20)39-3/h4-11,14-15,18,25,28,32,36H,12-13H2,1-3H3,(H,37,38)/t18-,25?,28?/m1/s1. The number of carbonyl (C=O) groups is 1. The molecule has 0 spiro atoms. The summed E-state index contributed by atoms with van der Waals surface area (Å²) in [5.74, 6) is 0.0164. The number of carboxylic acids is 1. The van der Waals surface area contributed by atoms with Crippen LogP contribution in [0.4, 0.5) is 11.5 Å². The van der Waals surface area contributed by atoms with Crippen LogP contribution in [-0.4, -0.2) is 45.9 Å². The van der Waals surface area contributed by atoms with E-state index in [1.54, 1.807) is 31.4 Å². The van der Waals surface area contributed by atoms with Crippen molar-refractivity contribution in [1.82, 2.24) is 9.97 Å². The maximum absolute atomic E-state index is 11.8. The van der Waals surface area contributed by atoms with Crippen molar-refractivity contribution >= 4 is 28.5 Å². The number of aromatic nitrogens is 2. The first-order chi connectivity index (χ1) is 18.8. The van der Waals surface area contributed by atoms with Crippen molar-refractivity contribution in [1.29, 1.82) is 5.26 Å². The minimum Gasteiger partial charge on any atom is -0.496 e. The Balaban J connectivity index is 1.63. The SMILES string of the molecule is COc1ccccc1C1C(O)CCN1c1nc2c([C@@H](C)Nc3ccccc3C(=O)O)cc(C)cc2nc1C#N. The minimum absolute atomic E-state index is 0.171. The number of hydrogen-bond donors (Lipinski definition) is 3. The molecule has 0 bridgehead atoms. The Bertz CT molecular complexity index is 1600. The van der Waals surface area contributed by atoms with E-state index in [-0.39, 0.29) is 17.3 Å². The van der Waals surface area contributed by atoms with Crippen LogP contribution in [0.1, 0.15) is 58.2 Å². The van der Waals surface area contributed by atoms with Gasteiger partial charge < -0.3 is 25.2 Å². The number of methoxy groups -OCH3 is 1. The number of anilines is 2. The average Bonchev–Trinajstić information content (AvgIpc) is 3.32. The van der Waals surface area contributed by atoms with E-state index in [0.717, 1.165) is 16.7 Å². The first-order valence-electron chi connectivity index (χ1n) is 12.7. The number of carboxylic acid groups (broad SMARTS) is 1. The lowest BCUT2D eigenvalue weighted by Gasteiger charge is -2.29. The number of nitrogens with one attached hydrogen (secondary N) is 1. The number of rotatable bonds is 7. The zero-order valence-electron chi connectivity index (χ0n) is 21.9. The second-order valence-electron chi connectivity index (χ2n) is 9.68. The van der Waals surface area contributed by atoms with Crippen LogP contribution in [-0.2, 0) is 0 Å². The summed E-state index contributed by atoms with van der Waals surface area (Å²) in [6, 6.07) is 19.5. The quantitative estimate of drug-likeness (QED) is 0.306. The molecule has 5 rings (SSSR count). The van der Waals surface area contributed by atoms with Crippen LogP contribution in [0.5, 0.6) is 5.75 Å². The van der Waals surface area contributed by atoms with E-state index in [0.29, 0.717) is 41.3 Å². The van der Waals surface area contributed by atoms with E-state index in [4.69, 9.17) is 14.7 Å². The number of aromatic carboxylic acids is 1. The summed E-state index contributed by atoms with van der Waals surface area (Å²) in [4.78, 5) is 23.4. The summed E-state index contributed by atoms with van der Waals surface area (Å²) in [7, 11) is 1.59. The lowest BCUT2D eigenvalue weighted by molar-refractivity contribution is 0.0698. The Kier molecular flexibility index (Phi) is 7.05. The fourth-order valence-electron chi connectivity index (χ4n) is 5.33. The van der Waals surface area contributed by atoms with Crippen LogP contribution in [0, 0.1) is 18.3 Å². The van der Waals surface area contributed by atoms with Crippen molar-refractivity contribution < 1.29 is 19.7 Å². The highest BCUT2D eigenvalue weighted by Gasteiger charge is 2.38. The molecule has 39 heavy (non-hydrogen) atoms. The Labute approximate surface area is 226 Å². The molecular formula is C30H29N5O4. The molecule has 2 unspecified atom stereocenters. The van der Waals surface area contributed by atoms with Gasteiger partial charge in [-0.15, -0.1) is 0 Å². The average molecular weight is 524 g/mol. The number of ether oxygens (including phenoxy) is 1. The summed E-state index contributed by atoms with van der Waals surface area (Å²) < 4.78 is 5.57. The Morgan fingerprint density at radius 3 is 2.67 bits per heavy atom. The fourth-order valence-corrected chi connectivity index (χ4v) is 5.33. The predicted octanol–water partition coefficient (Wildman–Crippen LogP) is 5.00. The topological polar surface area (TPSA) is 132 Å². The van der Waals surface area contributed by atoms with Crippen molar-refractivity contribution in [3.05, 3.63) is 88.6 Å². The first-order valence-corrected chi connectivity index (χ1v) is 12.7. The van der Waals surface area contributed by atoms with Crippen molar-refractivity contribution in [3.8, 4) is 11.8 Å². The number of benzene rings is 3. The molecule has 1 saturated heterocycles. The van der Waals surface area contributed by atoms with Gasteiger partial charge in [-0.25, -0.2) is 14.8 Å². The summed E-state index contributed by atoms with van der Waals surface area (Å²) in [5, 5.41) is 34.0. The molecule has 198 valence electrons. The molecule has 1 aliphatic rings. The number of aliphatic hydroxyl groups is 1. The molecule has 2 heterocycles. The van der Waals surface area contributed by atoms with Gasteiger partial charge in [0.05, 0.1) is 41.9 Å². The predicted molar refractivity (Wildman–Crippen MR) is 148 cm³/mol. The van der Waals surface area contributed by atoms with Crippen molar-refractivity contribution in [2.75, 3.05) is 23.9 Å². The second-order valence-corrected chi connectivity index (χ2v) is 9.68. The maximum atomic E-state index is 11.8. The molecular weight excluding hydrogens is 494 g/mol. The first kappa shape index (κ1) is 25.9. The van der Waals surface area contributed by atoms with Gasteiger partial charge in [0.15, 0.2) is 11.5 Å². The highest BCUT2D eigenvalue weighted by atomic mass is 16.5. The fraction of sp³-hybridized carbons (Fsp3) is 0.267. The summed E-state index contributed by atoms with van der Waals surface area (Å²) >= 11 is 0. The summed E-state index contributed by atoms with van der Waals surface area (Å²) in [6.45, 7) is 4.36. The molecule has 3 aromatic carbocycles. The molecule has 1 fully saturated rings. The van der Waals surface area contributed by atoms with Crippen LogP contribution in [0.15, 0.2) is 60.7 Å². The number of hydrogen-bond acceptors (Lipinski definition) is 8. The molecule has 9 nitrogen and oxygen atoms in total. The zero-order chi connectivity index (χ0) is 27.7. The van der Waals surface area contributed by atoms with Crippen LogP contribution >= 0.6 is 0 Å². The highest BCUT2D eigenvalue weighted by molar-refractivity contribution is 5.94. The molecule has 0 radical (unpaired) electrons. The van der Waals surface area contributed by atoms with Crippen LogP contribution in [0.2, 0.25) is 0 Å². The molecule has 1 aromatic heterocycles. The Morgan fingerprint density at radius 2 is 1.92 bits per heavy atom. The van der Waals surface area contributed by atoms with Gasteiger partial charge in [0.25, 0.3) is 0 Å². The minimum atomic E-state index is -1.02. The van der Waals surface area contributed by atoms with Gasteiger partial charge in [-0.1, -0.05) is 36.4 Å². The van der Waals surface area contributed by atoms with Crippen molar-refractivity contribution in [3.63, 3.8) is 0 Å². The molecule has 0 saturated carbocycles. The van der Waals surface area contributed by atoms with Gasteiger partial charge in [0, 0.05) is 23.4 Å². The number of aryl methyl sites for hydroxylation is 1. The molecule has 1 aliphatic heterocycles. The number of fused-ring (bicyclic) bond motifs is 1. The lowest BCUT2D eigenvalue weighted by Crippen LogP contribution is -2.29. The summed E-state index contributed by atoms with van der Waals surface area (Å²) in [6.07, 6.45) is -0.186. The van der Waals surface area contributed by atoms with Gasteiger partial charge in [-0.2, -0.15) is 5.26 Å². The van der Waals surface area contributed by atoms with Gasteiger partial charge in [0.1, 0.15) is 11.8 Å². The second kappa shape index (κ2) is 10.6. The van der Waals surface area contributed by atoms with E-state index >= 15 is 0 Å². The number of aliphatic hydroxyl groups excluding tert-OH is 1. The van der Waals surface area contributed by atoms with E-state index in [1.165, 1.54) is 0 Å². The smallest absolute Gasteiger partial charge is 0.337 e. The van der Waals surface area contributed by atoms with Crippen molar-refractivity contribution in [2.45, 2.75) is 38.5 Å². The molecule has 3 N–H and O–H groups in total. The summed E-state index contributed by atoms with van der Waals surface area (Å²) in [5.41, 5.74) is 4.56. The van der Waals surface area contributed by atoms with E-state index in [2.05, 4.69) is 11.4 Å². The number of para-hydroxylation sites is 2. The lowest BCUT2D eigenvalue weighted by atomic mass is 10.0. The molecule has 0 aliphatic carbocycles. The Hall–Kier alpha value is -4.68. The monoisotopic (exact) mass is 523 g/mol. The number of nitrogens with zero attached hydrogens (tertiary/aromatic N) is 4. The normalized spacial score (nSPS) is 17.6. The number of nitriles is 1. The largest absolute Gasteiger partial charge is 0.496 e. The third kappa shape index (κ3) is 4.82. The molecule has 4 aromatic rings. The van der Waals surface area contributed by atoms with E-state index < -0.39 is 18.1 Å².